The molecule has 4 heterocycles. The van der Waals surface area contributed by atoms with Crippen molar-refractivity contribution in [2.24, 2.45) is 11.8 Å². The van der Waals surface area contributed by atoms with Crippen LogP contribution >= 0.6 is 0 Å². The summed E-state index contributed by atoms with van der Waals surface area (Å²) in [6.45, 7) is 8.93. The summed E-state index contributed by atoms with van der Waals surface area (Å²) in [5.74, 6) is -2.53. The van der Waals surface area contributed by atoms with Gasteiger partial charge in [-0.3, -0.25) is 14.4 Å². The summed E-state index contributed by atoms with van der Waals surface area (Å²) >= 11 is 0. The molecule has 4 rings (SSSR count). The molecule has 0 radical (unpaired) electrons. The Labute approximate surface area is 208 Å². The molecular weight excluding hydrogens is 448 g/mol. The number of carbonyl (C=O) groups is 3. The van der Waals surface area contributed by atoms with Crippen LogP contribution in [0.15, 0.2) is 24.3 Å². The summed E-state index contributed by atoms with van der Waals surface area (Å²) in [6, 6.07) is -0.876. The van der Waals surface area contributed by atoms with Crippen molar-refractivity contribution in [3.63, 3.8) is 0 Å². The van der Waals surface area contributed by atoms with Crippen molar-refractivity contribution in [2.75, 3.05) is 26.3 Å². The first-order valence-corrected chi connectivity index (χ1v) is 13.1. The number of aliphatic hydroxyl groups is 1. The highest BCUT2D eigenvalue weighted by Gasteiger charge is 2.75. The Balaban J connectivity index is 1.87. The molecule has 0 saturated carbocycles. The second-order valence-corrected chi connectivity index (χ2v) is 11.2. The van der Waals surface area contributed by atoms with Gasteiger partial charge in [0.15, 0.2) is 0 Å². The van der Waals surface area contributed by atoms with Crippen LogP contribution in [0.1, 0.15) is 66.2 Å². The van der Waals surface area contributed by atoms with Gasteiger partial charge in [0.05, 0.1) is 12.5 Å². The average molecular weight is 489 g/mol. The molecule has 4 aliphatic rings. The zero-order chi connectivity index (χ0) is 25.4. The lowest BCUT2D eigenvalue weighted by Crippen LogP contribution is -2.59. The lowest BCUT2D eigenvalue weighted by molar-refractivity contribution is -0.162. The van der Waals surface area contributed by atoms with Crippen LogP contribution in [0.25, 0.3) is 0 Å². The number of carbonyl (C=O) groups excluding carboxylic acids is 3. The highest BCUT2D eigenvalue weighted by Crippen LogP contribution is 2.58. The quantitative estimate of drug-likeness (QED) is 0.363. The number of rotatable bonds is 5. The molecule has 5 atom stereocenters. The number of cyclic esters (lactones) is 1. The van der Waals surface area contributed by atoms with Crippen molar-refractivity contribution in [1.29, 1.82) is 0 Å². The van der Waals surface area contributed by atoms with Crippen molar-refractivity contribution < 1.29 is 29.0 Å². The number of unbranched alkanes of at least 4 members (excludes halogenated alkanes) is 1. The number of allylic oxidation sites excluding steroid dienone is 1. The number of esters is 1. The minimum atomic E-state index is -1.26. The first-order valence-electron chi connectivity index (χ1n) is 13.1. The Hall–Kier alpha value is -2.19. The number of likely N-dealkylation sites (tertiary alicyclic amines) is 1. The molecule has 2 fully saturated rings. The number of fused-ring (bicyclic) bond motifs is 2. The van der Waals surface area contributed by atoms with E-state index in [9.17, 15) is 19.5 Å². The van der Waals surface area contributed by atoms with Crippen LogP contribution in [0.2, 0.25) is 0 Å². The third kappa shape index (κ3) is 4.22. The van der Waals surface area contributed by atoms with E-state index < -0.39 is 40.6 Å². The molecule has 0 aliphatic carbocycles. The Morgan fingerprint density at radius 1 is 1.06 bits per heavy atom. The SMILES string of the molecule is CC[C@@]12/C=C\CCCCOC(=O)[C@@H]1[C@H]1C(=O)N(CCCCO)C3C(=O)N(C(C)(C)C)CC=C[C@@]31O2. The van der Waals surface area contributed by atoms with Gasteiger partial charge < -0.3 is 24.4 Å². The van der Waals surface area contributed by atoms with Gasteiger partial charge in [-0.2, -0.15) is 0 Å². The Bertz CT molecular complexity index is 908. The monoisotopic (exact) mass is 488 g/mol. The van der Waals surface area contributed by atoms with E-state index in [2.05, 4.69) is 6.08 Å². The van der Waals surface area contributed by atoms with Crippen LogP contribution < -0.4 is 0 Å². The zero-order valence-corrected chi connectivity index (χ0v) is 21.5. The lowest BCUT2D eigenvalue weighted by Gasteiger charge is -2.41. The van der Waals surface area contributed by atoms with Crippen LogP contribution in [0.5, 0.6) is 0 Å². The fourth-order valence-corrected chi connectivity index (χ4v) is 6.28. The molecule has 8 nitrogen and oxygen atoms in total. The van der Waals surface area contributed by atoms with E-state index >= 15 is 0 Å². The van der Waals surface area contributed by atoms with Crippen LogP contribution in [-0.2, 0) is 23.9 Å². The van der Waals surface area contributed by atoms with Gasteiger partial charge in [0.25, 0.3) is 0 Å². The Morgan fingerprint density at radius 3 is 2.51 bits per heavy atom. The lowest BCUT2D eigenvalue weighted by atomic mass is 9.73. The van der Waals surface area contributed by atoms with E-state index in [4.69, 9.17) is 9.47 Å². The van der Waals surface area contributed by atoms with E-state index in [1.54, 1.807) is 9.80 Å². The minimum Gasteiger partial charge on any atom is -0.465 e. The molecule has 2 saturated heterocycles. The fourth-order valence-electron chi connectivity index (χ4n) is 6.28. The van der Waals surface area contributed by atoms with E-state index in [1.165, 1.54) is 0 Å². The number of aliphatic hydroxyl groups excluding tert-OH is 1. The Kier molecular flexibility index (Phi) is 7.17. The van der Waals surface area contributed by atoms with Crippen LogP contribution in [0.4, 0.5) is 0 Å². The third-order valence-electron chi connectivity index (χ3n) is 8.00. The normalized spacial score (nSPS) is 36.4. The molecule has 0 aromatic rings. The van der Waals surface area contributed by atoms with Crippen LogP contribution in [-0.4, -0.2) is 81.8 Å². The predicted octanol–water partition coefficient (Wildman–Crippen LogP) is 2.60. The summed E-state index contributed by atoms with van der Waals surface area (Å²) in [6.07, 6.45) is 11.9. The number of hydrogen-bond donors (Lipinski definition) is 1. The van der Waals surface area contributed by atoms with Gasteiger partial charge in [-0.1, -0.05) is 31.2 Å². The van der Waals surface area contributed by atoms with Gasteiger partial charge in [0, 0.05) is 25.2 Å². The second kappa shape index (κ2) is 9.69. The summed E-state index contributed by atoms with van der Waals surface area (Å²) in [5.41, 5.74) is -2.74. The first kappa shape index (κ1) is 25.9. The van der Waals surface area contributed by atoms with Gasteiger partial charge in [-0.05, 0) is 59.3 Å². The first-order chi connectivity index (χ1) is 16.6. The summed E-state index contributed by atoms with van der Waals surface area (Å²) in [7, 11) is 0. The van der Waals surface area contributed by atoms with Crippen LogP contribution in [0.3, 0.4) is 0 Å². The molecule has 35 heavy (non-hydrogen) atoms. The standard InChI is InChI=1S/C27H40N2O6/c1-5-26-13-8-6-7-11-18-34-24(33)20(26)19-22(31)28(15-9-10-17-30)21-23(32)29(25(2,3)4)16-12-14-27(19,21)35-26/h8,12-14,19-21,30H,5-7,9-11,15-18H2,1-4H3/b13-8-/t19-,20-,21?,26+,27-/m0/s1. The van der Waals surface area contributed by atoms with Gasteiger partial charge in [-0.15, -0.1) is 0 Å². The summed E-state index contributed by atoms with van der Waals surface area (Å²) in [5, 5.41) is 9.32. The van der Waals surface area contributed by atoms with Crippen molar-refractivity contribution in [1.82, 2.24) is 9.80 Å². The molecule has 2 amide bonds. The van der Waals surface area contributed by atoms with E-state index in [1.807, 2.05) is 45.9 Å². The number of nitrogens with zero attached hydrogens (tertiary/aromatic N) is 2. The minimum absolute atomic E-state index is 0.0123. The topological polar surface area (TPSA) is 96.4 Å². The van der Waals surface area contributed by atoms with Gasteiger partial charge in [0.1, 0.15) is 23.2 Å². The maximum Gasteiger partial charge on any atom is 0.313 e. The van der Waals surface area contributed by atoms with E-state index in [0.717, 1.165) is 19.3 Å². The highest BCUT2D eigenvalue weighted by atomic mass is 16.6. The zero-order valence-electron chi connectivity index (χ0n) is 21.5. The Morgan fingerprint density at radius 2 is 1.83 bits per heavy atom. The van der Waals surface area contributed by atoms with Crippen molar-refractivity contribution in [2.45, 2.75) is 89.0 Å². The van der Waals surface area contributed by atoms with Crippen molar-refractivity contribution in [3.05, 3.63) is 24.3 Å². The fraction of sp³-hybridized carbons (Fsp3) is 0.741. The maximum atomic E-state index is 14.2. The molecule has 0 bridgehead atoms. The van der Waals surface area contributed by atoms with Crippen LogP contribution in [0, 0.1) is 11.8 Å². The van der Waals surface area contributed by atoms with Crippen molar-refractivity contribution in [3.8, 4) is 0 Å². The molecule has 1 unspecified atom stereocenters. The molecule has 8 heteroatoms. The molecular formula is C27H40N2O6. The molecule has 0 aromatic carbocycles. The number of amides is 2. The molecule has 1 spiro atoms. The second-order valence-electron chi connectivity index (χ2n) is 11.2. The van der Waals surface area contributed by atoms with Crippen molar-refractivity contribution >= 4 is 17.8 Å². The molecule has 0 aromatic heterocycles. The summed E-state index contributed by atoms with van der Waals surface area (Å²) < 4.78 is 12.6. The molecule has 1 N–H and O–H groups in total. The largest absolute Gasteiger partial charge is 0.465 e. The molecule has 194 valence electrons. The van der Waals surface area contributed by atoms with Gasteiger partial charge in [0.2, 0.25) is 11.8 Å². The highest BCUT2D eigenvalue weighted by molar-refractivity contribution is 5.99. The third-order valence-corrected chi connectivity index (χ3v) is 8.00. The predicted molar refractivity (Wildman–Crippen MR) is 130 cm³/mol. The number of hydrogen-bond acceptors (Lipinski definition) is 6. The van der Waals surface area contributed by atoms with Gasteiger partial charge in [-0.25, -0.2) is 0 Å². The molecule has 4 aliphatic heterocycles. The average Bonchev–Trinajstić information content (AvgIpc) is 3.15. The maximum absolute atomic E-state index is 14.2. The smallest absolute Gasteiger partial charge is 0.313 e. The summed E-state index contributed by atoms with van der Waals surface area (Å²) in [4.78, 5) is 45.2. The van der Waals surface area contributed by atoms with E-state index in [-0.39, 0.29) is 18.4 Å². The number of ether oxygens (including phenoxy) is 2. The van der Waals surface area contributed by atoms with Gasteiger partial charge >= 0.3 is 5.97 Å². The van der Waals surface area contributed by atoms with E-state index in [0.29, 0.717) is 39.0 Å².